The van der Waals surface area contributed by atoms with E-state index in [0.717, 1.165) is 17.0 Å². The Morgan fingerprint density at radius 2 is 2.07 bits per heavy atom. The molecule has 0 bridgehead atoms. The van der Waals surface area contributed by atoms with Crippen LogP contribution in [0.4, 0.5) is 10.8 Å². The van der Waals surface area contributed by atoms with E-state index in [0.29, 0.717) is 35.9 Å². The number of rotatable bonds is 16. The number of hydrogen-bond acceptors (Lipinski definition) is 15. The van der Waals surface area contributed by atoms with E-state index in [2.05, 4.69) is 30.0 Å². The number of oxime groups is 1. The molecule has 1 aromatic carbocycles. The van der Waals surface area contributed by atoms with Crippen LogP contribution in [0.15, 0.2) is 33.7 Å². The SMILES string of the molecule is CNc1ccc(OC[C@H](O/N=C(\C(=O)N[C@@H]2C(=O)N(OS(=O)(=O)O)C2(C)C)c2csc(N)n2)C(=O)O)cc1C=NCCCN. The zero-order valence-electron chi connectivity index (χ0n) is 23.8. The highest BCUT2D eigenvalue weighted by Crippen LogP contribution is 2.33. The predicted octanol–water partition coefficient (Wildman–Crippen LogP) is -0.372. The van der Waals surface area contributed by atoms with E-state index in [9.17, 15) is 27.9 Å². The standard InChI is InChI=1S/C24H32N8O10S2/c1-24(2)19(21(34)32(24)42-44(37,38)39)30-20(33)18(16-12-43-23(26)29-16)31-41-17(22(35)36)11-40-14-5-6-15(27-3)13(9-14)10-28-8-4-7-25/h5-6,9-10,12,17,19,27H,4,7-8,11,25H2,1-3H3,(H2,26,29)(H,30,33)(H,35,36)(H,37,38,39)/b28-10?,31-18-/t17-,19+/m0/s1. The van der Waals surface area contributed by atoms with Crippen LogP contribution in [0.2, 0.25) is 0 Å². The lowest BCUT2D eigenvalue weighted by Crippen LogP contribution is -2.76. The van der Waals surface area contributed by atoms with Gasteiger partial charge in [0.2, 0.25) is 0 Å². The Morgan fingerprint density at radius 3 is 2.64 bits per heavy atom. The largest absolute Gasteiger partial charge is 0.489 e. The first-order valence-corrected chi connectivity index (χ1v) is 15.1. The molecular formula is C24H32N8O10S2. The fraction of sp³-hybridized carbons (Fsp3) is 0.417. The lowest BCUT2D eigenvalue weighted by molar-refractivity contribution is -0.218. The first kappa shape index (κ1) is 34.1. The van der Waals surface area contributed by atoms with Crippen molar-refractivity contribution in [2.75, 3.05) is 37.8 Å². The van der Waals surface area contributed by atoms with E-state index < -0.39 is 58.2 Å². The second-order valence-electron chi connectivity index (χ2n) is 9.63. The maximum Gasteiger partial charge on any atom is 0.418 e. The van der Waals surface area contributed by atoms with E-state index >= 15 is 0 Å². The highest BCUT2D eigenvalue weighted by molar-refractivity contribution is 7.80. The van der Waals surface area contributed by atoms with Crippen molar-refractivity contribution in [2.45, 2.75) is 38.0 Å². The van der Waals surface area contributed by atoms with Gasteiger partial charge in [0.25, 0.3) is 17.9 Å². The number of nitrogens with two attached hydrogens (primary N) is 2. The maximum absolute atomic E-state index is 13.2. The summed E-state index contributed by atoms with van der Waals surface area (Å²) < 4.78 is 41.0. The molecule has 240 valence electrons. The highest BCUT2D eigenvalue weighted by atomic mass is 32.3. The molecule has 3 rings (SSSR count). The second-order valence-corrected chi connectivity index (χ2v) is 11.5. The van der Waals surface area contributed by atoms with Gasteiger partial charge in [-0.1, -0.05) is 5.16 Å². The van der Waals surface area contributed by atoms with Crippen LogP contribution < -0.4 is 26.8 Å². The Morgan fingerprint density at radius 1 is 1.34 bits per heavy atom. The molecule has 2 atom stereocenters. The van der Waals surface area contributed by atoms with Gasteiger partial charge in [-0.3, -0.25) is 19.1 Å². The number of aliphatic carboxylic acids is 1. The normalized spacial score (nSPS) is 17.2. The number of hydrogen-bond donors (Lipinski definition) is 6. The zero-order chi connectivity index (χ0) is 32.7. The number of aromatic nitrogens is 1. The van der Waals surface area contributed by atoms with Gasteiger partial charge < -0.3 is 36.8 Å². The van der Waals surface area contributed by atoms with Crippen molar-refractivity contribution in [1.29, 1.82) is 0 Å². The number of carboxylic acid groups (broad SMARTS) is 1. The van der Waals surface area contributed by atoms with Crippen molar-refractivity contribution in [3.8, 4) is 5.75 Å². The number of benzene rings is 1. The Bertz CT molecular complexity index is 1540. The number of carbonyl (C=O) groups is 3. The summed E-state index contributed by atoms with van der Waals surface area (Å²) in [4.78, 5) is 51.1. The molecule has 0 spiro atoms. The molecule has 1 aliphatic rings. The van der Waals surface area contributed by atoms with Gasteiger partial charge in [-0.25, -0.2) is 9.78 Å². The first-order chi connectivity index (χ1) is 20.7. The highest BCUT2D eigenvalue weighted by Gasteiger charge is 2.58. The van der Waals surface area contributed by atoms with Gasteiger partial charge >= 0.3 is 16.4 Å². The molecule has 18 nitrogen and oxygen atoms in total. The molecule has 0 aliphatic carbocycles. The van der Waals surface area contributed by atoms with E-state index in [1.54, 1.807) is 31.5 Å². The lowest BCUT2D eigenvalue weighted by Gasteiger charge is -2.50. The molecule has 2 amide bonds. The number of nitrogens with one attached hydrogen (secondary N) is 2. The number of carboxylic acids is 1. The third kappa shape index (κ3) is 8.60. The van der Waals surface area contributed by atoms with E-state index in [1.807, 2.05) is 0 Å². The number of anilines is 2. The summed E-state index contributed by atoms with van der Waals surface area (Å²) in [5, 5.41) is 20.6. The average molecular weight is 657 g/mol. The van der Waals surface area contributed by atoms with E-state index in [1.165, 1.54) is 19.2 Å². The number of carbonyl (C=O) groups excluding carboxylic acids is 2. The topological polar surface area (TPSA) is 270 Å². The van der Waals surface area contributed by atoms with Crippen molar-refractivity contribution in [1.82, 2.24) is 15.4 Å². The van der Waals surface area contributed by atoms with Crippen LogP contribution in [0, 0.1) is 0 Å². The van der Waals surface area contributed by atoms with Crippen molar-refractivity contribution >= 4 is 62.3 Å². The second kappa shape index (κ2) is 14.4. The lowest BCUT2D eigenvalue weighted by atomic mass is 9.84. The minimum Gasteiger partial charge on any atom is -0.489 e. The fourth-order valence-corrected chi connectivity index (χ4v) is 4.77. The number of thiazole rings is 1. The van der Waals surface area contributed by atoms with Crippen LogP contribution in [0.1, 0.15) is 31.5 Å². The smallest absolute Gasteiger partial charge is 0.418 e. The van der Waals surface area contributed by atoms with Gasteiger partial charge in [-0.15, -0.1) is 15.6 Å². The van der Waals surface area contributed by atoms with Crippen LogP contribution in [0.25, 0.3) is 0 Å². The van der Waals surface area contributed by atoms with Crippen LogP contribution in [0.3, 0.4) is 0 Å². The molecule has 2 aromatic rings. The Kier molecular flexibility index (Phi) is 11.2. The predicted molar refractivity (Wildman–Crippen MR) is 159 cm³/mol. The van der Waals surface area contributed by atoms with Gasteiger partial charge in [-0.2, -0.15) is 13.5 Å². The summed E-state index contributed by atoms with van der Waals surface area (Å²) in [6.07, 6.45) is 0.652. The molecule has 1 aliphatic heterocycles. The maximum atomic E-state index is 13.2. The zero-order valence-corrected chi connectivity index (χ0v) is 25.4. The number of hydroxylamine groups is 2. The minimum absolute atomic E-state index is 0.0544. The number of aliphatic imine (C=N–C) groups is 1. The molecule has 1 fully saturated rings. The monoisotopic (exact) mass is 656 g/mol. The van der Waals surface area contributed by atoms with Crippen LogP contribution in [0.5, 0.6) is 5.75 Å². The molecule has 0 radical (unpaired) electrons. The number of nitrogens with zero attached hydrogens (tertiary/aromatic N) is 4. The number of nitrogen functional groups attached to an aromatic ring is 1. The van der Waals surface area contributed by atoms with Crippen molar-refractivity contribution < 1.29 is 46.3 Å². The molecule has 0 unspecified atom stereocenters. The van der Waals surface area contributed by atoms with E-state index in [4.69, 9.17) is 25.6 Å². The summed E-state index contributed by atoms with van der Waals surface area (Å²) in [6, 6.07) is 3.64. The van der Waals surface area contributed by atoms with Gasteiger partial charge in [-0.05, 0) is 45.0 Å². The Balaban J connectivity index is 1.77. The number of β-lactam (4-membered cyclic amide) rings is 1. The first-order valence-electron chi connectivity index (χ1n) is 12.8. The van der Waals surface area contributed by atoms with Gasteiger partial charge in [0, 0.05) is 36.4 Å². The fourth-order valence-electron chi connectivity index (χ4n) is 3.77. The minimum atomic E-state index is -5.02. The summed E-state index contributed by atoms with van der Waals surface area (Å²) in [5.41, 5.74) is 10.6. The van der Waals surface area contributed by atoms with Crippen LogP contribution in [-0.4, -0.2) is 102 Å². The number of ether oxygens (including phenoxy) is 1. The molecule has 20 heteroatoms. The molecule has 1 aromatic heterocycles. The van der Waals surface area contributed by atoms with Crippen molar-refractivity contribution in [2.24, 2.45) is 15.9 Å². The van der Waals surface area contributed by atoms with Crippen LogP contribution >= 0.6 is 11.3 Å². The third-order valence-electron chi connectivity index (χ3n) is 6.06. The average Bonchev–Trinajstić information content (AvgIpc) is 3.39. The van der Waals surface area contributed by atoms with Gasteiger partial charge in [0.1, 0.15) is 24.1 Å². The third-order valence-corrected chi connectivity index (χ3v) is 7.07. The van der Waals surface area contributed by atoms with Gasteiger partial charge in [0.05, 0.1) is 5.54 Å². The molecule has 8 N–H and O–H groups in total. The summed E-state index contributed by atoms with van der Waals surface area (Å²) >= 11 is 0.954. The van der Waals surface area contributed by atoms with Crippen molar-refractivity contribution in [3.63, 3.8) is 0 Å². The molecule has 1 saturated heterocycles. The summed E-state index contributed by atoms with van der Waals surface area (Å²) in [7, 11) is -3.29. The summed E-state index contributed by atoms with van der Waals surface area (Å²) in [5.74, 6) is -3.19. The van der Waals surface area contributed by atoms with E-state index in [-0.39, 0.29) is 10.8 Å². The molecular weight excluding hydrogens is 624 g/mol. The molecule has 0 saturated carbocycles. The summed E-state index contributed by atoms with van der Waals surface area (Å²) in [6.45, 7) is 3.22. The van der Waals surface area contributed by atoms with Crippen LogP contribution in [-0.2, 0) is 33.9 Å². The molecule has 44 heavy (non-hydrogen) atoms. The Hall–Kier alpha value is -4.37. The molecule has 2 heterocycles. The Labute approximate surface area is 256 Å². The van der Waals surface area contributed by atoms with Crippen molar-refractivity contribution in [3.05, 3.63) is 34.8 Å². The quantitative estimate of drug-likeness (QED) is 0.0442. The number of amides is 2. The van der Waals surface area contributed by atoms with Gasteiger partial charge in [0.15, 0.2) is 10.8 Å².